The minimum atomic E-state index is -0.939. The molecule has 1 amide bonds. The third-order valence-corrected chi connectivity index (χ3v) is 2.44. The van der Waals surface area contributed by atoms with Gasteiger partial charge in [-0.1, -0.05) is 6.92 Å². The van der Waals surface area contributed by atoms with Crippen LogP contribution >= 0.6 is 0 Å². The van der Waals surface area contributed by atoms with E-state index in [-0.39, 0.29) is 12.5 Å². The van der Waals surface area contributed by atoms with Gasteiger partial charge in [0.05, 0.1) is 19.3 Å². The van der Waals surface area contributed by atoms with E-state index in [0.29, 0.717) is 32.6 Å². The van der Waals surface area contributed by atoms with E-state index in [9.17, 15) is 4.79 Å². The molecule has 0 fully saturated rings. The number of carbonyl (C=O) groups is 1. The molecule has 0 aliphatic heterocycles. The lowest BCUT2D eigenvalue weighted by molar-refractivity contribution is -0.127. The number of aliphatic hydroxyl groups is 1. The molecule has 0 radical (unpaired) electrons. The summed E-state index contributed by atoms with van der Waals surface area (Å²) >= 11 is 0. The first-order chi connectivity index (χ1) is 7.60. The van der Waals surface area contributed by atoms with Crippen molar-refractivity contribution < 1.29 is 14.6 Å². The summed E-state index contributed by atoms with van der Waals surface area (Å²) in [6.07, 6.45) is 1.17. The molecule has 1 unspecified atom stereocenters. The summed E-state index contributed by atoms with van der Waals surface area (Å²) in [7, 11) is 0. The van der Waals surface area contributed by atoms with Crippen LogP contribution in [0.5, 0.6) is 0 Å². The summed E-state index contributed by atoms with van der Waals surface area (Å²) in [5.41, 5.74) is -0.939. The average Bonchev–Trinajstić information content (AvgIpc) is 2.32. The van der Waals surface area contributed by atoms with Gasteiger partial charge in [-0.05, 0) is 19.8 Å². The Labute approximate surface area is 96.4 Å². The van der Waals surface area contributed by atoms with E-state index in [1.54, 1.807) is 6.92 Å². The average molecular weight is 228 g/mol. The second-order valence-corrected chi connectivity index (χ2v) is 3.74. The lowest BCUT2D eigenvalue weighted by Gasteiger charge is -2.18. The highest BCUT2D eigenvalue weighted by atomic mass is 16.5. The van der Waals surface area contributed by atoms with Crippen molar-refractivity contribution in [1.29, 1.82) is 5.26 Å². The fourth-order valence-corrected chi connectivity index (χ4v) is 1.03. The van der Waals surface area contributed by atoms with Crippen LogP contribution in [0.3, 0.4) is 0 Å². The van der Waals surface area contributed by atoms with Gasteiger partial charge in [-0.3, -0.25) is 4.79 Å². The number of hydrogen-bond acceptors (Lipinski definition) is 4. The van der Waals surface area contributed by atoms with Crippen LogP contribution in [-0.4, -0.2) is 37.4 Å². The Morgan fingerprint density at radius 2 is 2.25 bits per heavy atom. The molecule has 0 aromatic carbocycles. The third-order valence-electron chi connectivity index (χ3n) is 2.44. The molecule has 16 heavy (non-hydrogen) atoms. The van der Waals surface area contributed by atoms with Crippen molar-refractivity contribution in [3.63, 3.8) is 0 Å². The van der Waals surface area contributed by atoms with Crippen LogP contribution in [0, 0.1) is 16.7 Å². The fraction of sp³-hybridized carbons (Fsp3) is 0.818. The quantitative estimate of drug-likeness (QED) is 0.591. The second kappa shape index (κ2) is 8.08. The summed E-state index contributed by atoms with van der Waals surface area (Å²) in [5, 5.41) is 20.0. The fourth-order valence-electron chi connectivity index (χ4n) is 1.03. The van der Waals surface area contributed by atoms with Gasteiger partial charge in [-0.15, -0.1) is 0 Å². The van der Waals surface area contributed by atoms with E-state index in [1.807, 2.05) is 13.0 Å². The highest BCUT2D eigenvalue weighted by Gasteiger charge is 2.30. The van der Waals surface area contributed by atoms with Crippen molar-refractivity contribution in [2.75, 3.05) is 26.4 Å². The zero-order chi connectivity index (χ0) is 12.4. The van der Waals surface area contributed by atoms with Gasteiger partial charge in [0, 0.05) is 13.2 Å². The Hall–Kier alpha value is -1.12. The normalized spacial score (nSPS) is 13.9. The summed E-state index contributed by atoms with van der Waals surface area (Å²) in [5.74, 6) is -0.236. The first kappa shape index (κ1) is 14.9. The van der Waals surface area contributed by atoms with E-state index in [1.165, 1.54) is 0 Å². The van der Waals surface area contributed by atoms with Crippen molar-refractivity contribution in [3.05, 3.63) is 0 Å². The van der Waals surface area contributed by atoms with Crippen molar-refractivity contribution in [3.8, 4) is 6.07 Å². The maximum Gasteiger partial charge on any atom is 0.240 e. The number of amides is 1. The number of aliphatic hydroxyl groups excluding tert-OH is 1. The van der Waals surface area contributed by atoms with E-state index < -0.39 is 5.41 Å². The molecule has 0 heterocycles. The highest BCUT2D eigenvalue weighted by Crippen LogP contribution is 2.19. The minimum Gasteiger partial charge on any atom is -0.394 e. The van der Waals surface area contributed by atoms with Crippen LogP contribution in [-0.2, 0) is 9.53 Å². The van der Waals surface area contributed by atoms with Gasteiger partial charge in [0.15, 0.2) is 0 Å². The highest BCUT2D eigenvalue weighted by molar-refractivity contribution is 5.84. The van der Waals surface area contributed by atoms with Gasteiger partial charge in [-0.2, -0.15) is 5.26 Å². The predicted octanol–water partition coefficient (Wildman–Crippen LogP) is 0.441. The molecule has 0 aromatic rings. The molecule has 0 aliphatic carbocycles. The second-order valence-electron chi connectivity index (χ2n) is 3.74. The number of nitrogens with one attached hydrogen (secondary N) is 1. The topological polar surface area (TPSA) is 82.4 Å². The molecule has 0 bridgehead atoms. The van der Waals surface area contributed by atoms with E-state index in [4.69, 9.17) is 15.1 Å². The van der Waals surface area contributed by atoms with Crippen molar-refractivity contribution >= 4 is 5.91 Å². The lowest BCUT2D eigenvalue weighted by Crippen LogP contribution is -2.38. The van der Waals surface area contributed by atoms with Crippen molar-refractivity contribution in [1.82, 2.24) is 5.32 Å². The van der Waals surface area contributed by atoms with Crippen LogP contribution < -0.4 is 5.32 Å². The van der Waals surface area contributed by atoms with Gasteiger partial charge in [0.25, 0.3) is 0 Å². The van der Waals surface area contributed by atoms with Gasteiger partial charge >= 0.3 is 0 Å². The Balaban J connectivity index is 3.70. The van der Waals surface area contributed by atoms with Crippen LogP contribution in [0.2, 0.25) is 0 Å². The first-order valence-electron chi connectivity index (χ1n) is 5.49. The number of nitrogens with zero attached hydrogens (tertiary/aromatic N) is 1. The zero-order valence-corrected chi connectivity index (χ0v) is 9.95. The van der Waals surface area contributed by atoms with Crippen LogP contribution in [0.25, 0.3) is 0 Å². The number of ether oxygens (including phenoxy) is 1. The molecule has 0 aromatic heterocycles. The van der Waals surface area contributed by atoms with Crippen LogP contribution in [0.15, 0.2) is 0 Å². The molecule has 0 saturated carbocycles. The molecule has 0 rings (SSSR count). The van der Waals surface area contributed by atoms with E-state index in [2.05, 4.69) is 5.32 Å². The number of carbonyl (C=O) groups excluding carboxylic acids is 1. The molecule has 0 saturated heterocycles. The Morgan fingerprint density at radius 1 is 1.56 bits per heavy atom. The van der Waals surface area contributed by atoms with E-state index >= 15 is 0 Å². The molecule has 2 N–H and O–H groups in total. The molecular weight excluding hydrogens is 208 g/mol. The predicted molar refractivity (Wildman–Crippen MR) is 59.5 cm³/mol. The maximum atomic E-state index is 11.6. The number of nitriles is 1. The van der Waals surface area contributed by atoms with Gasteiger partial charge < -0.3 is 15.2 Å². The number of rotatable bonds is 8. The largest absolute Gasteiger partial charge is 0.394 e. The van der Waals surface area contributed by atoms with Crippen LogP contribution in [0.1, 0.15) is 26.7 Å². The van der Waals surface area contributed by atoms with E-state index in [0.717, 1.165) is 0 Å². The Morgan fingerprint density at radius 3 is 2.75 bits per heavy atom. The molecule has 5 heteroatoms. The van der Waals surface area contributed by atoms with Crippen molar-refractivity contribution in [2.45, 2.75) is 26.7 Å². The Kier molecular flexibility index (Phi) is 7.52. The molecule has 0 spiro atoms. The van der Waals surface area contributed by atoms with Crippen LogP contribution in [0.4, 0.5) is 0 Å². The smallest absolute Gasteiger partial charge is 0.240 e. The van der Waals surface area contributed by atoms with Gasteiger partial charge in [-0.25, -0.2) is 0 Å². The lowest BCUT2D eigenvalue weighted by atomic mass is 9.88. The monoisotopic (exact) mass is 228 g/mol. The van der Waals surface area contributed by atoms with Crippen molar-refractivity contribution in [2.24, 2.45) is 5.41 Å². The standard InChI is InChI=1S/C11H20N2O3/c1-3-11(2,9-12)10(15)13-5-4-7-16-8-6-14/h14H,3-8H2,1-2H3,(H,13,15). The SMILES string of the molecule is CCC(C)(C#N)C(=O)NCCCOCCO. The van der Waals surface area contributed by atoms with Gasteiger partial charge in [0.1, 0.15) is 5.41 Å². The molecule has 1 atom stereocenters. The zero-order valence-electron chi connectivity index (χ0n) is 9.95. The molecule has 0 aliphatic rings. The molecule has 92 valence electrons. The summed E-state index contributed by atoms with van der Waals surface area (Å²) in [4.78, 5) is 11.6. The molecule has 5 nitrogen and oxygen atoms in total. The summed E-state index contributed by atoms with van der Waals surface area (Å²) in [6, 6.07) is 2.01. The summed E-state index contributed by atoms with van der Waals surface area (Å²) < 4.78 is 5.04. The first-order valence-corrected chi connectivity index (χ1v) is 5.49. The maximum absolute atomic E-state index is 11.6. The van der Waals surface area contributed by atoms with Gasteiger partial charge in [0.2, 0.25) is 5.91 Å². The summed E-state index contributed by atoms with van der Waals surface area (Å²) in [6.45, 7) is 4.75. The Bertz CT molecular complexity index is 250. The molecular formula is C11H20N2O3. The number of hydrogen-bond donors (Lipinski definition) is 2. The minimum absolute atomic E-state index is 0.00863. The third kappa shape index (κ3) is 5.10.